The van der Waals surface area contributed by atoms with Gasteiger partial charge < -0.3 is 16.0 Å². The van der Waals surface area contributed by atoms with E-state index in [0.717, 1.165) is 16.9 Å². The molecule has 8 heteroatoms. The van der Waals surface area contributed by atoms with Gasteiger partial charge in [0.05, 0.1) is 17.3 Å². The summed E-state index contributed by atoms with van der Waals surface area (Å²) in [5.41, 5.74) is 1.56. The average molecular weight is 422 g/mol. The van der Waals surface area contributed by atoms with Gasteiger partial charge in [-0.25, -0.2) is 4.79 Å². The number of amides is 5. The molecule has 0 spiro atoms. The zero-order valence-corrected chi connectivity index (χ0v) is 17.6. The maximum absolute atomic E-state index is 12.8. The highest BCUT2D eigenvalue weighted by atomic mass is 16.2. The molecule has 0 saturated carbocycles. The van der Waals surface area contributed by atoms with Gasteiger partial charge in [0.1, 0.15) is 12.6 Å². The monoisotopic (exact) mass is 422 g/mol. The molecule has 1 aliphatic heterocycles. The highest BCUT2D eigenvalue weighted by molar-refractivity contribution is 6.09. The summed E-state index contributed by atoms with van der Waals surface area (Å²) in [5, 5.41) is 8.14. The van der Waals surface area contributed by atoms with Crippen molar-refractivity contribution < 1.29 is 19.2 Å². The average Bonchev–Trinajstić information content (AvgIpc) is 3.02. The molecule has 2 atom stereocenters. The van der Waals surface area contributed by atoms with E-state index < -0.39 is 30.4 Å². The van der Waals surface area contributed by atoms with Crippen molar-refractivity contribution in [2.24, 2.45) is 0 Å². The maximum atomic E-state index is 12.8. The number of nitrogens with zero attached hydrogens (tertiary/aromatic N) is 1. The molecule has 1 saturated heterocycles. The number of hydrogen-bond acceptors (Lipinski definition) is 4. The first-order valence-corrected chi connectivity index (χ1v) is 10.3. The molecule has 8 nitrogen and oxygen atoms in total. The van der Waals surface area contributed by atoms with E-state index in [0.29, 0.717) is 17.7 Å². The van der Waals surface area contributed by atoms with Crippen LogP contribution in [0.2, 0.25) is 0 Å². The van der Waals surface area contributed by atoms with Crippen LogP contribution < -0.4 is 16.0 Å². The second kappa shape index (κ2) is 9.88. The van der Waals surface area contributed by atoms with Crippen molar-refractivity contribution >= 4 is 29.4 Å². The Morgan fingerprint density at radius 2 is 1.74 bits per heavy atom. The summed E-state index contributed by atoms with van der Waals surface area (Å²) in [5.74, 6) is -1.31. The van der Waals surface area contributed by atoms with Crippen molar-refractivity contribution in [2.45, 2.75) is 38.8 Å². The molecule has 162 valence electrons. The molecule has 2 unspecified atom stereocenters. The summed E-state index contributed by atoms with van der Waals surface area (Å²) in [6.07, 6.45) is 1.26. The lowest BCUT2D eigenvalue weighted by Crippen LogP contribution is -2.38. The van der Waals surface area contributed by atoms with Crippen LogP contribution in [0.15, 0.2) is 54.6 Å². The van der Waals surface area contributed by atoms with Gasteiger partial charge in [-0.1, -0.05) is 55.8 Å². The molecule has 2 aromatic carbocycles. The summed E-state index contributed by atoms with van der Waals surface area (Å²) in [4.78, 5) is 50.6. The van der Waals surface area contributed by atoms with Crippen molar-refractivity contribution in [1.82, 2.24) is 15.5 Å². The van der Waals surface area contributed by atoms with Crippen LogP contribution in [0.1, 0.15) is 48.7 Å². The number of anilines is 1. The smallest absolute Gasteiger partial charge is 0.325 e. The summed E-state index contributed by atoms with van der Waals surface area (Å²) in [6.45, 7) is 3.37. The van der Waals surface area contributed by atoms with Crippen molar-refractivity contribution in [1.29, 1.82) is 0 Å². The number of carbonyl (C=O) groups is 4. The van der Waals surface area contributed by atoms with Crippen LogP contribution in [0.4, 0.5) is 10.5 Å². The zero-order chi connectivity index (χ0) is 22.4. The molecule has 0 bridgehead atoms. The summed E-state index contributed by atoms with van der Waals surface area (Å²) in [7, 11) is 0. The quantitative estimate of drug-likeness (QED) is 0.569. The van der Waals surface area contributed by atoms with Crippen LogP contribution in [0.25, 0.3) is 0 Å². The summed E-state index contributed by atoms with van der Waals surface area (Å²) >= 11 is 0. The lowest BCUT2D eigenvalue weighted by atomic mass is 10.1. The molecule has 31 heavy (non-hydrogen) atoms. The van der Waals surface area contributed by atoms with E-state index in [4.69, 9.17) is 0 Å². The molecular formula is C23H26N4O4. The van der Waals surface area contributed by atoms with E-state index in [2.05, 4.69) is 16.0 Å². The highest BCUT2D eigenvalue weighted by Gasteiger charge is 2.38. The van der Waals surface area contributed by atoms with Crippen LogP contribution >= 0.6 is 0 Å². The number of rotatable bonds is 8. The minimum absolute atomic E-state index is 0.223. The van der Waals surface area contributed by atoms with Gasteiger partial charge in [-0.2, -0.15) is 0 Å². The molecule has 3 rings (SSSR count). The van der Waals surface area contributed by atoms with Gasteiger partial charge in [-0.15, -0.1) is 0 Å². The lowest BCUT2D eigenvalue weighted by Gasteiger charge is -2.17. The molecule has 0 aliphatic carbocycles. The Balaban J connectivity index is 1.66. The number of para-hydroxylation sites is 1. The minimum atomic E-state index is -0.595. The van der Waals surface area contributed by atoms with Crippen LogP contribution in [0.3, 0.4) is 0 Å². The van der Waals surface area contributed by atoms with Crippen molar-refractivity contribution in [3.63, 3.8) is 0 Å². The van der Waals surface area contributed by atoms with E-state index in [1.165, 1.54) is 0 Å². The Bertz CT molecular complexity index is 977. The van der Waals surface area contributed by atoms with Gasteiger partial charge in [0.15, 0.2) is 0 Å². The standard InChI is InChI=1S/C23H26N4O4/c1-3-9-19-22(30)27(23(31)26-19)14-20(28)25-18-13-8-7-12-17(18)21(29)24-15(2)16-10-5-4-6-11-16/h4-8,10-13,15,19H,3,9,14H2,1-2H3,(H,24,29)(H,25,28)(H,26,31). The fraction of sp³-hybridized carbons (Fsp3) is 0.304. The normalized spacial score (nSPS) is 16.6. The van der Waals surface area contributed by atoms with Gasteiger partial charge >= 0.3 is 6.03 Å². The summed E-state index contributed by atoms with van der Waals surface area (Å²) in [6, 6.07) is 14.7. The molecule has 3 N–H and O–H groups in total. The SMILES string of the molecule is CCCC1NC(=O)N(CC(=O)Nc2ccccc2C(=O)NC(C)c2ccccc2)C1=O. The fourth-order valence-corrected chi connectivity index (χ4v) is 3.43. The first-order valence-electron chi connectivity index (χ1n) is 10.3. The molecule has 5 amide bonds. The Morgan fingerprint density at radius 3 is 2.45 bits per heavy atom. The molecule has 1 fully saturated rings. The number of carbonyl (C=O) groups excluding carboxylic acids is 4. The molecule has 2 aromatic rings. The predicted molar refractivity (Wildman–Crippen MR) is 116 cm³/mol. The van der Waals surface area contributed by atoms with Gasteiger partial charge in [0.25, 0.3) is 11.8 Å². The van der Waals surface area contributed by atoms with Gasteiger partial charge in [0.2, 0.25) is 5.91 Å². The van der Waals surface area contributed by atoms with Crippen LogP contribution in [0, 0.1) is 0 Å². The van der Waals surface area contributed by atoms with Crippen molar-refractivity contribution in [3.05, 3.63) is 65.7 Å². The molecule has 0 aromatic heterocycles. The molecule has 1 heterocycles. The number of benzene rings is 2. The minimum Gasteiger partial charge on any atom is -0.345 e. The van der Waals surface area contributed by atoms with Crippen LogP contribution in [-0.4, -0.2) is 41.2 Å². The second-order valence-electron chi connectivity index (χ2n) is 7.41. The lowest BCUT2D eigenvalue weighted by molar-refractivity contribution is -0.130. The Kier molecular flexibility index (Phi) is 7.02. The Labute approximate surface area is 181 Å². The predicted octanol–water partition coefficient (Wildman–Crippen LogP) is 2.84. The van der Waals surface area contributed by atoms with E-state index >= 15 is 0 Å². The van der Waals surface area contributed by atoms with E-state index in [-0.39, 0.29) is 11.9 Å². The number of imide groups is 1. The zero-order valence-electron chi connectivity index (χ0n) is 17.6. The number of urea groups is 1. The van der Waals surface area contributed by atoms with Gasteiger partial charge in [-0.05, 0) is 31.0 Å². The van der Waals surface area contributed by atoms with Crippen molar-refractivity contribution in [3.8, 4) is 0 Å². The third-order valence-electron chi connectivity index (χ3n) is 5.08. The van der Waals surface area contributed by atoms with Crippen molar-refractivity contribution in [2.75, 3.05) is 11.9 Å². The fourth-order valence-electron chi connectivity index (χ4n) is 3.43. The molecular weight excluding hydrogens is 396 g/mol. The maximum Gasteiger partial charge on any atom is 0.325 e. The Hall–Kier alpha value is -3.68. The number of hydrogen-bond donors (Lipinski definition) is 3. The third-order valence-corrected chi connectivity index (χ3v) is 5.08. The Morgan fingerprint density at radius 1 is 1.06 bits per heavy atom. The van der Waals surface area contributed by atoms with Gasteiger partial charge in [0, 0.05) is 0 Å². The topological polar surface area (TPSA) is 108 Å². The second-order valence-corrected chi connectivity index (χ2v) is 7.41. The number of nitrogens with one attached hydrogen (secondary N) is 3. The third kappa shape index (κ3) is 5.28. The molecule has 0 radical (unpaired) electrons. The largest absolute Gasteiger partial charge is 0.345 e. The highest BCUT2D eigenvalue weighted by Crippen LogP contribution is 2.18. The van der Waals surface area contributed by atoms with E-state index in [1.807, 2.05) is 44.2 Å². The van der Waals surface area contributed by atoms with Crippen LogP contribution in [-0.2, 0) is 9.59 Å². The summed E-state index contributed by atoms with van der Waals surface area (Å²) < 4.78 is 0. The first-order chi connectivity index (χ1) is 14.9. The molecule has 1 aliphatic rings. The first kappa shape index (κ1) is 22.0. The van der Waals surface area contributed by atoms with E-state index in [1.54, 1.807) is 24.3 Å². The van der Waals surface area contributed by atoms with E-state index in [9.17, 15) is 19.2 Å². The van der Waals surface area contributed by atoms with Gasteiger partial charge in [-0.3, -0.25) is 19.3 Å². The van der Waals surface area contributed by atoms with Crippen LogP contribution in [0.5, 0.6) is 0 Å².